The molecule has 1 aliphatic heterocycles. The SMILES string of the molecule is C(=NOCCOc1ccc(CC2CN(C(c3ccccc3)(c3ccccc3)c3ccccc3)CS2)cc1)c1ccncc1. The number of rotatable bonds is 12. The van der Waals surface area contributed by atoms with Gasteiger partial charge in [0.2, 0.25) is 0 Å². The molecule has 1 saturated heterocycles. The van der Waals surface area contributed by atoms with Gasteiger partial charge < -0.3 is 9.57 Å². The first-order valence-corrected chi connectivity index (χ1v) is 15.7. The lowest BCUT2D eigenvalue weighted by molar-refractivity contribution is 0.108. The van der Waals surface area contributed by atoms with Gasteiger partial charge in [0.05, 0.1) is 11.8 Å². The van der Waals surface area contributed by atoms with Gasteiger partial charge in [-0.1, -0.05) is 108 Å². The Bertz CT molecular complexity index is 1470. The minimum Gasteiger partial charge on any atom is -0.490 e. The van der Waals surface area contributed by atoms with Gasteiger partial charge in [0.15, 0.2) is 6.61 Å². The monoisotopic (exact) mass is 585 g/mol. The van der Waals surface area contributed by atoms with Gasteiger partial charge in [-0.25, -0.2) is 0 Å². The first-order chi connectivity index (χ1) is 21.3. The maximum atomic E-state index is 5.87. The van der Waals surface area contributed by atoms with Crippen molar-refractivity contribution in [2.24, 2.45) is 5.16 Å². The van der Waals surface area contributed by atoms with Crippen LogP contribution >= 0.6 is 11.8 Å². The minimum atomic E-state index is -0.367. The third kappa shape index (κ3) is 6.82. The first kappa shape index (κ1) is 28.7. The van der Waals surface area contributed by atoms with Crippen molar-refractivity contribution in [3.05, 3.63) is 168 Å². The number of aromatic nitrogens is 1. The van der Waals surface area contributed by atoms with E-state index in [2.05, 4.69) is 130 Å². The summed E-state index contributed by atoms with van der Waals surface area (Å²) in [5, 5.41) is 4.47. The second kappa shape index (κ2) is 14.2. The predicted octanol–water partition coefficient (Wildman–Crippen LogP) is 7.42. The van der Waals surface area contributed by atoms with Gasteiger partial charge in [0, 0.05) is 30.1 Å². The Balaban J connectivity index is 1.11. The molecule has 5 aromatic rings. The van der Waals surface area contributed by atoms with Crippen LogP contribution in [-0.2, 0) is 16.8 Å². The molecule has 6 rings (SSSR count). The number of hydrogen-bond donors (Lipinski definition) is 0. The maximum absolute atomic E-state index is 5.87. The van der Waals surface area contributed by atoms with Gasteiger partial charge in [-0.05, 0) is 58.5 Å². The molecule has 1 aliphatic rings. The first-order valence-electron chi connectivity index (χ1n) is 14.6. The van der Waals surface area contributed by atoms with Crippen LogP contribution in [0.3, 0.4) is 0 Å². The molecule has 6 heteroatoms. The molecule has 0 radical (unpaired) electrons. The average Bonchev–Trinajstić information content (AvgIpc) is 3.54. The zero-order valence-corrected chi connectivity index (χ0v) is 24.9. The lowest BCUT2D eigenvalue weighted by Crippen LogP contribution is -2.47. The fourth-order valence-electron chi connectivity index (χ4n) is 5.77. The van der Waals surface area contributed by atoms with Crippen LogP contribution < -0.4 is 4.74 Å². The molecule has 2 heterocycles. The Morgan fingerprint density at radius 3 is 1.91 bits per heavy atom. The van der Waals surface area contributed by atoms with Gasteiger partial charge in [-0.2, -0.15) is 0 Å². The van der Waals surface area contributed by atoms with Crippen molar-refractivity contribution in [1.82, 2.24) is 9.88 Å². The number of hydrogen-bond acceptors (Lipinski definition) is 6. The van der Waals surface area contributed by atoms with Crippen LogP contribution in [0.1, 0.15) is 27.8 Å². The summed E-state index contributed by atoms with van der Waals surface area (Å²) >= 11 is 2.04. The van der Waals surface area contributed by atoms with Crippen molar-refractivity contribution in [3.8, 4) is 5.75 Å². The molecule has 0 N–H and O–H groups in total. The van der Waals surface area contributed by atoms with E-state index in [4.69, 9.17) is 9.57 Å². The van der Waals surface area contributed by atoms with Crippen LogP contribution in [0.5, 0.6) is 5.75 Å². The van der Waals surface area contributed by atoms with Crippen LogP contribution in [0.15, 0.2) is 145 Å². The summed E-state index contributed by atoms with van der Waals surface area (Å²) in [7, 11) is 0. The molecule has 0 saturated carbocycles. The second-order valence-electron chi connectivity index (χ2n) is 10.5. The topological polar surface area (TPSA) is 47.0 Å². The summed E-state index contributed by atoms with van der Waals surface area (Å²) < 4.78 is 5.87. The standard InChI is InChI=1S/C37H35N3O2S/c1-4-10-32(11-5-1)37(33-12-6-2-7-13-33,34-14-8-3-9-15-34)40-28-36(43-29-40)26-30-16-18-35(19-17-30)41-24-25-42-39-27-31-20-22-38-23-21-31/h1-23,27,36H,24-26,28-29H2. The fourth-order valence-corrected chi connectivity index (χ4v) is 7.06. The average molecular weight is 586 g/mol. The Labute approximate surface area is 258 Å². The molecule has 0 bridgehead atoms. The molecule has 1 unspecified atom stereocenters. The van der Waals surface area contributed by atoms with Gasteiger partial charge in [0.25, 0.3) is 0 Å². The van der Waals surface area contributed by atoms with E-state index >= 15 is 0 Å². The third-order valence-electron chi connectivity index (χ3n) is 7.75. The lowest BCUT2D eigenvalue weighted by atomic mass is 9.75. The Morgan fingerprint density at radius 2 is 1.33 bits per heavy atom. The number of nitrogens with zero attached hydrogens (tertiary/aromatic N) is 3. The molecule has 216 valence electrons. The second-order valence-corrected chi connectivity index (χ2v) is 11.8. The zero-order valence-electron chi connectivity index (χ0n) is 24.0. The van der Waals surface area contributed by atoms with Crippen LogP contribution in [0, 0.1) is 0 Å². The van der Waals surface area contributed by atoms with Crippen molar-refractivity contribution in [2.75, 3.05) is 25.6 Å². The highest BCUT2D eigenvalue weighted by Gasteiger charge is 2.45. The van der Waals surface area contributed by atoms with E-state index < -0.39 is 0 Å². The maximum Gasteiger partial charge on any atom is 0.151 e. The fraction of sp³-hybridized carbons (Fsp3) is 0.189. The third-order valence-corrected chi connectivity index (χ3v) is 9.00. The highest BCUT2D eigenvalue weighted by atomic mass is 32.2. The largest absolute Gasteiger partial charge is 0.490 e. The number of thioether (sulfide) groups is 1. The van der Waals surface area contributed by atoms with E-state index in [-0.39, 0.29) is 5.54 Å². The van der Waals surface area contributed by atoms with Crippen LogP contribution in [-0.4, -0.2) is 47.0 Å². The molecule has 1 aromatic heterocycles. The summed E-state index contributed by atoms with van der Waals surface area (Å²) in [5.74, 6) is 1.79. The minimum absolute atomic E-state index is 0.367. The Kier molecular flexibility index (Phi) is 9.47. The normalized spacial score (nSPS) is 15.5. The van der Waals surface area contributed by atoms with Crippen molar-refractivity contribution in [1.29, 1.82) is 0 Å². The molecule has 1 atom stereocenters. The molecule has 43 heavy (non-hydrogen) atoms. The number of pyridine rings is 1. The van der Waals surface area contributed by atoms with E-state index in [1.807, 2.05) is 23.9 Å². The van der Waals surface area contributed by atoms with E-state index in [1.165, 1.54) is 22.3 Å². The van der Waals surface area contributed by atoms with Crippen LogP contribution in [0.4, 0.5) is 0 Å². The Hall–Kier alpha value is -4.39. The molecule has 1 fully saturated rings. The molecule has 0 amide bonds. The molecule has 5 nitrogen and oxygen atoms in total. The van der Waals surface area contributed by atoms with Crippen LogP contribution in [0.2, 0.25) is 0 Å². The highest BCUT2D eigenvalue weighted by Crippen LogP contribution is 2.46. The van der Waals surface area contributed by atoms with E-state index in [0.29, 0.717) is 18.5 Å². The lowest BCUT2D eigenvalue weighted by Gasteiger charge is -2.43. The molecular weight excluding hydrogens is 550 g/mol. The van der Waals surface area contributed by atoms with E-state index in [0.717, 1.165) is 30.2 Å². The molecule has 0 spiro atoms. The van der Waals surface area contributed by atoms with Crippen molar-refractivity contribution < 1.29 is 9.57 Å². The zero-order chi connectivity index (χ0) is 29.2. The van der Waals surface area contributed by atoms with E-state index in [1.54, 1.807) is 18.6 Å². The number of oxime groups is 1. The summed E-state index contributed by atoms with van der Waals surface area (Å²) in [6.45, 7) is 1.80. The van der Waals surface area contributed by atoms with Crippen molar-refractivity contribution in [3.63, 3.8) is 0 Å². The van der Waals surface area contributed by atoms with Crippen molar-refractivity contribution >= 4 is 18.0 Å². The summed E-state index contributed by atoms with van der Waals surface area (Å²) in [6, 6.07) is 45.1. The molecule has 4 aromatic carbocycles. The molecule has 0 aliphatic carbocycles. The smallest absolute Gasteiger partial charge is 0.151 e. The summed E-state index contributed by atoms with van der Waals surface area (Å²) in [6.07, 6.45) is 6.12. The summed E-state index contributed by atoms with van der Waals surface area (Å²) in [4.78, 5) is 12.0. The van der Waals surface area contributed by atoms with Gasteiger partial charge in [0.1, 0.15) is 12.4 Å². The number of ether oxygens (including phenoxy) is 1. The quantitative estimate of drug-likeness (QED) is 0.0660. The van der Waals surface area contributed by atoms with Gasteiger partial charge >= 0.3 is 0 Å². The van der Waals surface area contributed by atoms with Crippen molar-refractivity contribution in [2.45, 2.75) is 17.2 Å². The van der Waals surface area contributed by atoms with Gasteiger partial charge in [-0.3, -0.25) is 9.88 Å². The highest BCUT2D eigenvalue weighted by molar-refractivity contribution is 8.00. The van der Waals surface area contributed by atoms with Gasteiger partial charge in [-0.15, -0.1) is 11.8 Å². The van der Waals surface area contributed by atoms with E-state index in [9.17, 15) is 0 Å². The Morgan fingerprint density at radius 1 is 0.744 bits per heavy atom. The predicted molar refractivity (Wildman–Crippen MR) is 176 cm³/mol. The number of benzene rings is 4. The molecular formula is C37H35N3O2S. The summed E-state index contributed by atoms with van der Waals surface area (Å²) in [5.41, 5.74) is 5.77. The van der Waals surface area contributed by atoms with Crippen LogP contribution in [0.25, 0.3) is 0 Å².